The molecule has 0 aromatic rings. The molecule has 114 valence electrons. The van der Waals surface area contributed by atoms with E-state index in [1.165, 1.54) is 0 Å². The van der Waals surface area contributed by atoms with Crippen LogP contribution in [0.2, 0.25) is 0 Å². The Morgan fingerprint density at radius 1 is 0.700 bits per heavy atom. The fourth-order valence-electron chi connectivity index (χ4n) is 0.579. The molecule has 0 amide bonds. The number of rotatable bonds is 9. The molecule has 10 heteroatoms. The van der Waals surface area contributed by atoms with E-state index in [1.54, 1.807) is 0 Å². The van der Waals surface area contributed by atoms with Gasteiger partial charge >= 0.3 is 23.9 Å². The minimum atomic E-state index is -1.26. The minimum Gasteiger partial charge on any atom is -0.480 e. The van der Waals surface area contributed by atoms with Gasteiger partial charge in [-0.25, -0.2) is 19.2 Å². The molecule has 0 spiro atoms. The van der Waals surface area contributed by atoms with E-state index in [2.05, 4.69) is 9.47 Å². The van der Waals surface area contributed by atoms with Gasteiger partial charge in [-0.2, -0.15) is 0 Å². The standard InChI is InChI=1S/C6H10O6.C4H4O4/c7-5(8)3-11-1-2-12-4-6(9)10;5-3(6)1-2-4(7)8/h1-4H2,(H,7,8)(H,9,10);1-2H,(H,5,6)(H,7,8). The van der Waals surface area contributed by atoms with Gasteiger partial charge in [-0.15, -0.1) is 0 Å². The molecule has 0 fully saturated rings. The molecule has 4 N–H and O–H groups in total. The second-order valence-corrected chi connectivity index (χ2v) is 2.90. The highest BCUT2D eigenvalue weighted by Crippen LogP contribution is 1.78. The Morgan fingerprint density at radius 2 is 1.00 bits per heavy atom. The monoisotopic (exact) mass is 294 g/mol. The molecule has 0 saturated heterocycles. The van der Waals surface area contributed by atoms with Crippen LogP contribution < -0.4 is 0 Å². The zero-order valence-electron chi connectivity index (χ0n) is 10.2. The number of hydrogen-bond acceptors (Lipinski definition) is 6. The van der Waals surface area contributed by atoms with Crippen LogP contribution in [0.15, 0.2) is 12.2 Å². The Labute approximate surface area is 112 Å². The smallest absolute Gasteiger partial charge is 0.329 e. The molecule has 0 bridgehead atoms. The van der Waals surface area contributed by atoms with Gasteiger partial charge in [0.25, 0.3) is 0 Å². The second-order valence-electron chi connectivity index (χ2n) is 2.90. The van der Waals surface area contributed by atoms with E-state index in [-0.39, 0.29) is 13.2 Å². The molecule has 0 aliphatic rings. The van der Waals surface area contributed by atoms with E-state index >= 15 is 0 Å². The highest BCUT2D eigenvalue weighted by Gasteiger charge is 1.97. The lowest BCUT2D eigenvalue weighted by Crippen LogP contribution is -2.14. The van der Waals surface area contributed by atoms with Crippen molar-refractivity contribution in [3.8, 4) is 0 Å². The fourth-order valence-corrected chi connectivity index (χ4v) is 0.579. The molecule has 20 heavy (non-hydrogen) atoms. The molecule has 0 atom stereocenters. The third-order valence-electron chi connectivity index (χ3n) is 1.19. The van der Waals surface area contributed by atoms with E-state index in [4.69, 9.17) is 20.4 Å². The summed E-state index contributed by atoms with van der Waals surface area (Å²) in [7, 11) is 0. The lowest BCUT2D eigenvalue weighted by Gasteiger charge is -2.00. The second kappa shape index (κ2) is 13.0. The number of hydrogen-bond donors (Lipinski definition) is 4. The maximum absolute atomic E-state index is 9.88. The minimum absolute atomic E-state index is 0.0829. The molecule has 0 unspecified atom stereocenters. The van der Waals surface area contributed by atoms with Crippen LogP contribution in [0, 0.1) is 0 Å². The number of ether oxygens (including phenoxy) is 2. The van der Waals surface area contributed by atoms with Gasteiger partial charge in [-0.05, 0) is 0 Å². The Balaban J connectivity index is 0. The quantitative estimate of drug-likeness (QED) is 0.302. The summed E-state index contributed by atoms with van der Waals surface area (Å²) in [4.78, 5) is 38.9. The first kappa shape index (κ1) is 19.9. The van der Waals surface area contributed by atoms with Crippen LogP contribution in [0.1, 0.15) is 0 Å². The van der Waals surface area contributed by atoms with Crippen molar-refractivity contribution < 1.29 is 49.1 Å². The van der Waals surface area contributed by atoms with Gasteiger partial charge < -0.3 is 29.9 Å². The van der Waals surface area contributed by atoms with Crippen LogP contribution in [0.4, 0.5) is 0 Å². The van der Waals surface area contributed by atoms with Crippen LogP contribution in [-0.4, -0.2) is 70.7 Å². The largest absolute Gasteiger partial charge is 0.480 e. The maximum atomic E-state index is 9.88. The molecule has 0 radical (unpaired) electrons. The molecular weight excluding hydrogens is 280 g/mol. The fraction of sp³-hybridized carbons (Fsp3) is 0.400. The topological polar surface area (TPSA) is 168 Å². The molecule has 0 aliphatic heterocycles. The molecule has 0 aromatic carbocycles. The van der Waals surface area contributed by atoms with Gasteiger partial charge in [0.1, 0.15) is 13.2 Å². The van der Waals surface area contributed by atoms with E-state index in [0.717, 1.165) is 0 Å². The van der Waals surface area contributed by atoms with Crippen molar-refractivity contribution in [2.24, 2.45) is 0 Å². The average molecular weight is 294 g/mol. The summed E-state index contributed by atoms with van der Waals surface area (Å²) in [5.74, 6) is -4.64. The van der Waals surface area contributed by atoms with Gasteiger partial charge in [0.05, 0.1) is 13.2 Å². The van der Waals surface area contributed by atoms with E-state index in [0.29, 0.717) is 12.2 Å². The predicted molar refractivity (Wildman–Crippen MR) is 61.3 cm³/mol. The molecule has 0 rings (SSSR count). The highest BCUT2D eigenvalue weighted by atomic mass is 16.5. The number of carboxylic acid groups (broad SMARTS) is 4. The lowest BCUT2D eigenvalue weighted by atomic mass is 10.5. The first-order chi connectivity index (χ1) is 9.25. The Kier molecular flexibility index (Phi) is 12.9. The first-order valence-corrected chi connectivity index (χ1v) is 4.98. The van der Waals surface area contributed by atoms with Crippen LogP contribution in [-0.2, 0) is 28.7 Å². The van der Waals surface area contributed by atoms with Crippen LogP contribution >= 0.6 is 0 Å². The zero-order valence-corrected chi connectivity index (χ0v) is 10.2. The van der Waals surface area contributed by atoms with Crippen molar-refractivity contribution in [2.45, 2.75) is 0 Å². The van der Waals surface area contributed by atoms with Gasteiger partial charge in [-0.3, -0.25) is 0 Å². The predicted octanol–water partition coefficient (Wildman–Crippen LogP) is -1.10. The number of aliphatic carboxylic acids is 4. The third-order valence-corrected chi connectivity index (χ3v) is 1.19. The molecule has 0 heterocycles. The van der Waals surface area contributed by atoms with Crippen molar-refractivity contribution in [3.63, 3.8) is 0 Å². The first-order valence-electron chi connectivity index (χ1n) is 4.98. The van der Waals surface area contributed by atoms with E-state index in [1.807, 2.05) is 0 Å². The van der Waals surface area contributed by atoms with Crippen molar-refractivity contribution in [1.82, 2.24) is 0 Å². The summed E-state index contributed by atoms with van der Waals surface area (Å²) in [5, 5.41) is 31.8. The summed E-state index contributed by atoms with van der Waals surface area (Å²) < 4.78 is 9.12. The summed E-state index contributed by atoms with van der Waals surface area (Å²) in [5.41, 5.74) is 0. The summed E-state index contributed by atoms with van der Waals surface area (Å²) in [6, 6.07) is 0. The van der Waals surface area contributed by atoms with Crippen LogP contribution in [0.3, 0.4) is 0 Å². The highest BCUT2D eigenvalue weighted by molar-refractivity contribution is 5.89. The van der Waals surface area contributed by atoms with E-state index < -0.39 is 37.1 Å². The summed E-state index contributed by atoms with van der Waals surface area (Å²) in [6.07, 6.45) is 1.12. The van der Waals surface area contributed by atoms with E-state index in [9.17, 15) is 19.2 Å². The van der Waals surface area contributed by atoms with Gasteiger partial charge in [-0.1, -0.05) is 0 Å². The molecule has 0 saturated carbocycles. The average Bonchev–Trinajstić information content (AvgIpc) is 2.31. The van der Waals surface area contributed by atoms with Crippen molar-refractivity contribution in [2.75, 3.05) is 26.4 Å². The molecule has 0 aliphatic carbocycles. The summed E-state index contributed by atoms with van der Waals surface area (Å²) >= 11 is 0. The number of carboxylic acids is 4. The van der Waals surface area contributed by atoms with Crippen molar-refractivity contribution in [3.05, 3.63) is 12.2 Å². The molecule has 10 nitrogen and oxygen atoms in total. The summed E-state index contributed by atoms with van der Waals surface area (Å²) in [6.45, 7) is -0.619. The van der Waals surface area contributed by atoms with Gasteiger partial charge in [0.2, 0.25) is 0 Å². The van der Waals surface area contributed by atoms with Crippen LogP contribution in [0.25, 0.3) is 0 Å². The zero-order chi connectivity index (χ0) is 16.0. The lowest BCUT2D eigenvalue weighted by molar-refractivity contribution is -0.146. The number of carbonyl (C=O) groups is 4. The maximum Gasteiger partial charge on any atom is 0.329 e. The SMILES string of the molecule is O=C(O)C=CC(=O)O.O=C(O)COCCOCC(=O)O. The van der Waals surface area contributed by atoms with Crippen molar-refractivity contribution >= 4 is 23.9 Å². The van der Waals surface area contributed by atoms with Gasteiger partial charge in [0.15, 0.2) is 0 Å². The molecule has 0 aromatic heterocycles. The Bertz CT molecular complexity index is 325. The van der Waals surface area contributed by atoms with Crippen molar-refractivity contribution in [1.29, 1.82) is 0 Å². The Hall–Kier alpha value is -2.46. The third kappa shape index (κ3) is 24.7. The normalized spacial score (nSPS) is 9.60. The van der Waals surface area contributed by atoms with Gasteiger partial charge in [0, 0.05) is 12.2 Å². The molecular formula is C10H14O10. The van der Waals surface area contributed by atoms with Crippen LogP contribution in [0.5, 0.6) is 0 Å². The Morgan fingerprint density at radius 3 is 1.20 bits per heavy atom.